The van der Waals surface area contributed by atoms with Gasteiger partial charge in [0.2, 0.25) is 11.7 Å². The van der Waals surface area contributed by atoms with Gasteiger partial charge in [0.1, 0.15) is 0 Å². The highest BCUT2D eigenvalue weighted by molar-refractivity contribution is 7.98. The summed E-state index contributed by atoms with van der Waals surface area (Å²) in [4.78, 5) is 0. The molecule has 0 atom stereocenters. The van der Waals surface area contributed by atoms with Crippen molar-refractivity contribution in [1.29, 1.82) is 0 Å². The van der Waals surface area contributed by atoms with Crippen LogP contribution in [0.25, 0.3) is 23.0 Å². The second kappa shape index (κ2) is 6.60. The summed E-state index contributed by atoms with van der Waals surface area (Å²) in [6, 6.07) is 11.5. The Hall–Kier alpha value is -2.80. The molecule has 0 aliphatic rings. The second-order valence-electron chi connectivity index (χ2n) is 5.62. The largest absolute Gasteiger partial charge is 0.461 e. The lowest BCUT2D eigenvalue weighted by molar-refractivity contribution is 0.413. The lowest BCUT2D eigenvalue weighted by Gasteiger charge is -2.00. The Morgan fingerprint density at radius 1 is 1.00 bits per heavy atom. The SMILES string of the molecule is Cc1ccc(-c2nnc(SCc3cc(-c4ccco4)on3)o2)cc1C. The van der Waals surface area contributed by atoms with E-state index in [0.29, 0.717) is 28.4 Å². The molecular weight excluding hydrogens is 338 g/mol. The van der Waals surface area contributed by atoms with Crippen molar-refractivity contribution in [3.63, 3.8) is 0 Å². The molecule has 0 saturated heterocycles. The third-order valence-electron chi connectivity index (χ3n) is 3.83. The van der Waals surface area contributed by atoms with E-state index in [9.17, 15) is 0 Å². The molecule has 0 unspecified atom stereocenters. The molecule has 3 aromatic heterocycles. The smallest absolute Gasteiger partial charge is 0.277 e. The molecule has 126 valence electrons. The summed E-state index contributed by atoms with van der Waals surface area (Å²) in [5, 5.41) is 12.7. The van der Waals surface area contributed by atoms with E-state index in [0.717, 1.165) is 11.3 Å². The molecule has 0 aliphatic heterocycles. The molecule has 4 aromatic rings. The zero-order valence-corrected chi connectivity index (χ0v) is 14.5. The fourth-order valence-corrected chi connectivity index (χ4v) is 2.95. The van der Waals surface area contributed by atoms with Gasteiger partial charge in [-0.1, -0.05) is 23.0 Å². The third kappa shape index (κ3) is 3.36. The number of furan rings is 1. The van der Waals surface area contributed by atoms with Gasteiger partial charge in [-0.25, -0.2) is 0 Å². The number of aromatic nitrogens is 3. The number of nitrogens with zero attached hydrogens (tertiary/aromatic N) is 3. The van der Waals surface area contributed by atoms with Crippen LogP contribution in [0.1, 0.15) is 16.8 Å². The molecule has 0 fully saturated rings. The topological polar surface area (TPSA) is 78.1 Å². The Morgan fingerprint density at radius 2 is 1.92 bits per heavy atom. The summed E-state index contributed by atoms with van der Waals surface area (Å²) in [5.74, 6) is 2.33. The fraction of sp³-hybridized carbons (Fsp3) is 0.167. The summed E-state index contributed by atoms with van der Waals surface area (Å²) in [6.45, 7) is 4.13. The summed E-state index contributed by atoms with van der Waals surface area (Å²) in [6.07, 6.45) is 1.60. The quantitative estimate of drug-likeness (QED) is 0.472. The minimum atomic E-state index is 0.496. The van der Waals surface area contributed by atoms with Crippen LogP contribution in [0, 0.1) is 13.8 Å². The van der Waals surface area contributed by atoms with Gasteiger partial charge in [0.15, 0.2) is 5.76 Å². The average Bonchev–Trinajstić information content (AvgIpc) is 3.36. The average molecular weight is 353 g/mol. The summed E-state index contributed by atoms with van der Waals surface area (Å²) in [5.41, 5.74) is 4.13. The number of rotatable bonds is 5. The number of hydrogen-bond acceptors (Lipinski definition) is 7. The number of aryl methyl sites for hydroxylation is 2. The Balaban J connectivity index is 1.44. The van der Waals surface area contributed by atoms with Crippen molar-refractivity contribution >= 4 is 11.8 Å². The van der Waals surface area contributed by atoms with E-state index >= 15 is 0 Å². The highest BCUT2D eigenvalue weighted by Crippen LogP contribution is 2.28. The van der Waals surface area contributed by atoms with Crippen LogP contribution in [0.15, 0.2) is 61.2 Å². The Labute approximate surface area is 148 Å². The Morgan fingerprint density at radius 3 is 2.72 bits per heavy atom. The molecule has 0 aliphatic carbocycles. The van der Waals surface area contributed by atoms with Gasteiger partial charge in [-0.05, 0) is 49.2 Å². The maximum Gasteiger partial charge on any atom is 0.277 e. The van der Waals surface area contributed by atoms with Gasteiger partial charge in [0.25, 0.3) is 5.22 Å². The van der Waals surface area contributed by atoms with Crippen molar-refractivity contribution < 1.29 is 13.4 Å². The van der Waals surface area contributed by atoms with Crippen molar-refractivity contribution in [3.05, 3.63) is 59.5 Å². The van der Waals surface area contributed by atoms with Crippen LogP contribution in [-0.4, -0.2) is 15.4 Å². The van der Waals surface area contributed by atoms with Crippen LogP contribution >= 0.6 is 11.8 Å². The van der Waals surface area contributed by atoms with E-state index < -0.39 is 0 Å². The molecule has 0 bridgehead atoms. The zero-order valence-electron chi connectivity index (χ0n) is 13.7. The van der Waals surface area contributed by atoms with E-state index in [2.05, 4.69) is 29.2 Å². The lowest BCUT2D eigenvalue weighted by Crippen LogP contribution is -1.83. The molecule has 6 nitrogen and oxygen atoms in total. The van der Waals surface area contributed by atoms with Crippen molar-refractivity contribution in [2.75, 3.05) is 0 Å². The molecular formula is C18H15N3O3S. The van der Waals surface area contributed by atoms with Gasteiger partial charge in [-0.3, -0.25) is 0 Å². The molecule has 3 heterocycles. The fourth-order valence-electron chi connectivity index (χ4n) is 2.31. The zero-order chi connectivity index (χ0) is 17.2. The summed E-state index contributed by atoms with van der Waals surface area (Å²) >= 11 is 1.41. The number of hydrogen-bond donors (Lipinski definition) is 0. The maximum absolute atomic E-state index is 5.73. The van der Waals surface area contributed by atoms with Gasteiger partial charge in [-0.15, -0.1) is 10.2 Å². The molecule has 0 saturated carbocycles. The molecule has 25 heavy (non-hydrogen) atoms. The van der Waals surface area contributed by atoms with Crippen LogP contribution in [0.3, 0.4) is 0 Å². The van der Waals surface area contributed by atoms with E-state index in [1.54, 1.807) is 12.3 Å². The highest BCUT2D eigenvalue weighted by atomic mass is 32.2. The first-order valence-electron chi connectivity index (χ1n) is 7.72. The van der Waals surface area contributed by atoms with Crippen LogP contribution in [0.5, 0.6) is 0 Å². The van der Waals surface area contributed by atoms with Gasteiger partial charge < -0.3 is 13.4 Å². The number of thioether (sulfide) groups is 1. The second-order valence-corrected chi connectivity index (χ2v) is 6.55. The van der Waals surface area contributed by atoms with Gasteiger partial charge >= 0.3 is 0 Å². The van der Waals surface area contributed by atoms with Crippen LogP contribution in [-0.2, 0) is 5.75 Å². The van der Waals surface area contributed by atoms with Crippen molar-refractivity contribution in [2.45, 2.75) is 24.8 Å². The minimum Gasteiger partial charge on any atom is -0.461 e. The van der Waals surface area contributed by atoms with Gasteiger partial charge in [-0.2, -0.15) is 0 Å². The molecule has 0 N–H and O–H groups in total. The van der Waals surface area contributed by atoms with Crippen molar-refractivity contribution in [1.82, 2.24) is 15.4 Å². The van der Waals surface area contributed by atoms with E-state index in [1.807, 2.05) is 30.3 Å². The third-order valence-corrected chi connectivity index (χ3v) is 4.68. The van der Waals surface area contributed by atoms with Crippen LogP contribution < -0.4 is 0 Å². The predicted octanol–water partition coefficient (Wildman–Crippen LogP) is 4.89. The van der Waals surface area contributed by atoms with E-state index in [-0.39, 0.29) is 0 Å². The summed E-state index contributed by atoms with van der Waals surface area (Å²) < 4.78 is 16.3. The molecule has 0 amide bonds. The number of benzene rings is 1. The Bertz CT molecular complexity index is 989. The molecule has 1 aromatic carbocycles. The first kappa shape index (κ1) is 15.7. The lowest BCUT2D eigenvalue weighted by atomic mass is 10.1. The maximum atomic E-state index is 5.73. The van der Waals surface area contributed by atoms with Crippen molar-refractivity contribution in [3.8, 4) is 23.0 Å². The highest BCUT2D eigenvalue weighted by Gasteiger charge is 2.13. The van der Waals surface area contributed by atoms with Crippen molar-refractivity contribution in [2.24, 2.45) is 0 Å². The first-order valence-corrected chi connectivity index (χ1v) is 8.71. The Kier molecular flexibility index (Phi) is 4.15. The van der Waals surface area contributed by atoms with E-state index in [1.165, 1.54) is 22.9 Å². The normalized spacial score (nSPS) is 11.1. The predicted molar refractivity (Wildman–Crippen MR) is 93.0 cm³/mol. The van der Waals surface area contributed by atoms with Gasteiger partial charge in [0, 0.05) is 17.4 Å². The standard InChI is InChI=1S/C18H15N3O3S/c1-11-5-6-13(8-12(11)2)17-19-20-18(23-17)25-10-14-9-16(24-21-14)15-4-3-7-22-15/h3-9H,10H2,1-2H3. The molecule has 0 radical (unpaired) electrons. The van der Waals surface area contributed by atoms with Gasteiger partial charge in [0.05, 0.1) is 12.0 Å². The van der Waals surface area contributed by atoms with Crippen LogP contribution in [0.2, 0.25) is 0 Å². The van der Waals surface area contributed by atoms with Crippen LogP contribution in [0.4, 0.5) is 0 Å². The molecule has 7 heteroatoms. The molecule has 0 spiro atoms. The minimum absolute atomic E-state index is 0.496. The van der Waals surface area contributed by atoms with E-state index in [4.69, 9.17) is 13.4 Å². The summed E-state index contributed by atoms with van der Waals surface area (Å²) in [7, 11) is 0. The first-order chi connectivity index (χ1) is 12.2. The monoisotopic (exact) mass is 353 g/mol. The molecule has 4 rings (SSSR count).